The lowest BCUT2D eigenvalue weighted by molar-refractivity contribution is -0.00557. The zero-order valence-corrected chi connectivity index (χ0v) is 14.9. The maximum atomic E-state index is 6.42. The van der Waals surface area contributed by atoms with Gasteiger partial charge in [-0.3, -0.25) is 0 Å². The van der Waals surface area contributed by atoms with Crippen molar-refractivity contribution in [1.82, 2.24) is 0 Å². The van der Waals surface area contributed by atoms with Crippen LogP contribution in [0.25, 0.3) is 0 Å². The van der Waals surface area contributed by atoms with E-state index in [9.17, 15) is 0 Å². The summed E-state index contributed by atoms with van der Waals surface area (Å²) in [5, 5.41) is 1.90. The Morgan fingerprint density at radius 3 is 2.00 bits per heavy atom. The monoisotopic (exact) mass is 332 g/mol. The molecule has 2 nitrogen and oxygen atoms in total. The van der Waals surface area contributed by atoms with Crippen molar-refractivity contribution in [3.63, 3.8) is 0 Å². The Labute approximate surface area is 151 Å². The van der Waals surface area contributed by atoms with Crippen molar-refractivity contribution in [1.29, 1.82) is 0 Å². The highest BCUT2D eigenvalue weighted by Gasteiger charge is 2.52. The van der Waals surface area contributed by atoms with Crippen LogP contribution in [-0.2, 0) is 12.0 Å². The van der Waals surface area contributed by atoms with Crippen molar-refractivity contribution in [2.24, 2.45) is 23.6 Å². The average molecular weight is 332 g/mol. The van der Waals surface area contributed by atoms with Gasteiger partial charge in [-0.25, -0.2) is 5.84 Å². The van der Waals surface area contributed by atoms with Crippen molar-refractivity contribution >= 4 is 5.69 Å². The molecule has 0 unspecified atom stereocenters. The minimum absolute atomic E-state index is 0.433. The van der Waals surface area contributed by atoms with E-state index >= 15 is 0 Å². The fourth-order valence-electron chi connectivity index (χ4n) is 6.51. The summed E-state index contributed by atoms with van der Waals surface area (Å²) in [6, 6.07) is 19.5. The van der Waals surface area contributed by atoms with Crippen LogP contribution in [0.15, 0.2) is 54.6 Å². The first-order valence-corrected chi connectivity index (χ1v) is 9.87. The summed E-state index contributed by atoms with van der Waals surface area (Å²) in [4.78, 5) is 0. The Kier molecular flexibility index (Phi) is 3.63. The number of rotatable bonds is 4. The number of nitrogens with two attached hydrogens (primary N) is 1. The molecule has 25 heavy (non-hydrogen) atoms. The normalized spacial score (nSPS) is 32.8. The zero-order chi connectivity index (χ0) is 16.9. The molecule has 0 spiro atoms. The van der Waals surface area contributed by atoms with Gasteiger partial charge in [0.25, 0.3) is 0 Å². The van der Waals surface area contributed by atoms with Crippen LogP contribution >= 0.6 is 0 Å². The third-order valence-electron chi connectivity index (χ3n) is 7.06. The molecule has 130 valence electrons. The van der Waals surface area contributed by atoms with Crippen LogP contribution in [0.1, 0.15) is 49.7 Å². The Morgan fingerprint density at radius 2 is 1.36 bits per heavy atom. The largest absolute Gasteiger partial charge is 0.307 e. The second kappa shape index (κ2) is 5.88. The van der Waals surface area contributed by atoms with Crippen molar-refractivity contribution in [2.45, 2.75) is 50.5 Å². The lowest BCUT2D eigenvalue weighted by Crippen LogP contribution is -2.49. The van der Waals surface area contributed by atoms with Gasteiger partial charge in [0.05, 0.1) is 12.2 Å². The third-order valence-corrected chi connectivity index (χ3v) is 7.06. The molecule has 0 atom stereocenters. The molecule has 0 aromatic heterocycles. The van der Waals surface area contributed by atoms with Crippen molar-refractivity contribution in [2.75, 3.05) is 5.01 Å². The lowest BCUT2D eigenvalue weighted by Gasteiger charge is -2.57. The molecule has 4 aliphatic carbocycles. The van der Waals surface area contributed by atoms with E-state index in [-0.39, 0.29) is 0 Å². The molecule has 0 aliphatic heterocycles. The van der Waals surface area contributed by atoms with Gasteiger partial charge >= 0.3 is 0 Å². The predicted octanol–water partition coefficient (Wildman–Crippen LogP) is 5.03. The molecule has 4 saturated carbocycles. The first-order valence-electron chi connectivity index (χ1n) is 9.87. The minimum Gasteiger partial charge on any atom is -0.307 e. The number of hydrogen-bond donors (Lipinski definition) is 1. The SMILES string of the molecule is NN(Cc1ccccc1C12CC3CC(CC(C3)C1)C2)c1ccccc1. The van der Waals surface area contributed by atoms with Crippen LogP contribution in [0, 0.1) is 17.8 Å². The number of para-hydroxylation sites is 1. The van der Waals surface area contributed by atoms with Crippen molar-refractivity contribution < 1.29 is 0 Å². The highest BCUT2D eigenvalue weighted by Crippen LogP contribution is 2.61. The molecule has 2 N–H and O–H groups in total. The first-order chi connectivity index (χ1) is 12.2. The Morgan fingerprint density at radius 1 is 0.800 bits per heavy atom. The molecule has 0 radical (unpaired) electrons. The zero-order valence-electron chi connectivity index (χ0n) is 14.9. The van der Waals surface area contributed by atoms with Gasteiger partial charge in [0.2, 0.25) is 0 Å². The van der Waals surface area contributed by atoms with Gasteiger partial charge in [0.1, 0.15) is 0 Å². The Hall–Kier alpha value is -1.80. The molecule has 4 bridgehead atoms. The van der Waals surface area contributed by atoms with Crippen LogP contribution < -0.4 is 10.9 Å². The van der Waals surface area contributed by atoms with E-state index in [1.54, 1.807) is 5.56 Å². The molecule has 2 aromatic rings. The van der Waals surface area contributed by atoms with Gasteiger partial charge in [0, 0.05) is 0 Å². The fraction of sp³-hybridized carbons (Fsp3) is 0.478. The summed E-state index contributed by atoms with van der Waals surface area (Å²) in [7, 11) is 0. The van der Waals surface area contributed by atoms with Gasteiger partial charge in [-0.05, 0) is 85.0 Å². The Balaban J connectivity index is 1.47. The van der Waals surface area contributed by atoms with Crippen molar-refractivity contribution in [3.8, 4) is 0 Å². The molecule has 4 fully saturated rings. The second-order valence-electron chi connectivity index (χ2n) is 8.82. The summed E-state index contributed by atoms with van der Waals surface area (Å²) in [5.74, 6) is 9.34. The maximum absolute atomic E-state index is 6.42. The molecular formula is C23H28N2. The summed E-state index contributed by atoms with van der Waals surface area (Å²) < 4.78 is 0. The maximum Gasteiger partial charge on any atom is 0.0595 e. The highest BCUT2D eigenvalue weighted by molar-refractivity contribution is 5.47. The van der Waals surface area contributed by atoms with Gasteiger partial charge < -0.3 is 5.01 Å². The average Bonchev–Trinajstić information content (AvgIpc) is 2.62. The van der Waals surface area contributed by atoms with Gasteiger partial charge in [-0.1, -0.05) is 42.5 Å². The van der Waals surface area contributed by atoms with E-state index in [2.05, 4.69) is 48.5 Å². The topological polar surface area (TPSA) is 29.3 Å². The first kappa shape index (κ1) is 15.5. The summed E-state index contributed by atoms with van der Waals surface area (Å²) >= 11 is 0. The van der Waals surface area contributed by atoms with Gasteiger partial charge in [0.15, 0.2) is 0 Å². The molecule has 4 aliphatic rings. The van der Waals surface area contributed by atoms with Crippen LogP contribution in [0.3, 0.4) is 0 Å². The number of hydrazine groups is 1. The fourth-order valence-corrected chi connectivity index (χ4v) is 6.51. The molecule has 2 heteroatoms. The number of nitrogens with zero attached hydrogens (tertiary/aromatic N) is 1. The standard InChI is InChI=1S/C23H28N2/c24-25(21-7-2-1-3-8-21)16-20-6-4-5-9-22(20)23-13-17-10-18(14-23)12-19(11-17)15-23/h1-9,17-19H,10-16,24H2. The van der Waals surface area contributed by atoms with Gasteiger partial charge in [-0.15, -0.1) is 0 Å². The van der Waals surface area contributed by atoms with Crippen molar-refractivity contribution in [3.05, 3.63) is 65.7 Å². The molecule has 6 rings (SSSR count). The Bertz CT molecular complexity index is 716. The quantitative estimate of drug-likeness (QED) is 0.628. The van der Waals surface area contributed by atoms with Crippen LogP contribution in [0.5, 0.6) is 0 Å². The van der Waals surface area contributed by atoms with Gasteiger partial charge in [-0.2, -0.15) is 0 Å². The molecular weight excluding hydrogens is 304 g/mol. The van der Waals surface area contributed by atoms with Crippen LogP contribution in [-0.4, -0.2) is 0 Å². The smallest absolute Gasteiger partial charge is 0.0595 e. The number of hydrogen-bond acceptors (Lipinski definition) is 2. The van der Waals surface area contributed by atoms with E-state index in [1.165, 1.54) is 44.1 Å². The van der Waals surface area contributed by atoms with Crippen LogP contribution in [0.4, 0.5) is 5.69 Å². The molecule has 2 aromatic carbocycles. The lowest BCUT2D eigenvalue weighted by atomic mass is 9.47. The molecule has 0 saturated heterocycles. The predicted molar refractivity (Wildman–Crippen MR) is 103 cm³/mol. The molecule has 0 amide bonds. The van der Waals surface area contributed by atoms with E-state index in [0.29, 0.717) is 5.41 Å². The summed E-state index contributed by atoms with van der Waals surface area (Å²) in [6.07, 6.45) is 8.71. The second-order valence-corrected chi connectivity index (χ2v) is 8.82. The van der Waals surface area contributed by atoms with E-state index < -0.39 is 0 Å². The number of anilines is 1. The molecule has 0 heterocycles. The highest BCUT2D eigenvalue weighted by atomic mass is 15.4. The van der Waals surface area contributed by atoms with E-state index in [0.717, 1.165) is 30.0 Å². The minimum atomic E-state index is 0.433. The van der Waals surface area contributed by atoms with E-state index in [4.69, 9.17) is 5.84 Å². The third kappa shape index (κ3) is 2.67. The van der Waals surface area contributed by atoms with Crippen LogP contribution in [0.2, 0.25) is 0 Å². The summed E-state index contributed by atoms with van der Waals surface area (Å²) in [6.45, 7) is 0.794. The number of benzene rings is 2. The van der Waals surface area contributed by atoms with E-state index in [1.807, 2.05) is 11.1 Å². The summed E-state index contributed by atoms with van der Waals surface area (Å²) in [5.41, 5.74) is 4.54.